The highest BCUT2D eigenvalue weighted by Gasteiger charge is 2.33. The van der Waals surface area contributed by atoms with Crippen molar-refractivity contribution in [3.8, 4) is 0 Å². The number of hydrogen-bond donors (Lipinski definition) is 1. The molecule has 1 saturated heterocycles. The van der Waals surface area contributed by atoms with Gasteiger partial charge in [-0.3, -0.25) is 0 Å². The lowest BCUT2D eigenvalue weighted by Crippen LogP contribution is -2.49. The van der Waals surface area contributed by atoms with Crippen LogP contribution in [-0.4, -0.2) is 56.5 Å². The Morgan fingerprint density at radius 2 is 1.83 bits per heavy atom. The van der Waals surface area contributed by atoms with Gasteiger partial charge in [-0.05, 0) is 52.7 Å². The van der Waals surface area contributed by atoms with Crippen molar-refractivity contribution in [1.82, 2.24) is 10.2 Å². The Balaban J connectivity index is 2.40. The third-order valence-electron chi connectivity index (χ3n) is 3.88. The summed E-state index contributed by atoms with van der Waals surface area (Å²) in [4.78, 5) is 2.28. The SMILES string of the molecule is CCCNC1CCN(CC(C)(C)S(C)(=O)=O)CC1. The average molecular weight is 276 g/mol. The quantitative estimate of drug-likeness (QED) is 0.794. The molecule has 1 aliphatic rings. The molecule has 108 valence electrons. The van der Waals surface area contributed by atoms with Crippen LogP contribution in [0.5, 0.6) is 0 Å². The van der Waals surface area contributed by atoms with Crippen LogP contribution in [0.2, 0.25) is 0 Å². The predicted octanol–water partition coefficient (Wildman–Crippen LogP) is 1.27. The molecule has 0 unspecified atom stereocenters. The normalized spacial score (nSPS) is 20.2. The topological polar surface area (TPSA) is 49.4 Å². The first-order valence-electron chi connectivity index (χ1n) is 6.91. The van der Waals surface area contributed by atoms with Crippen molar-refractivity contribution < 1.29 is 8.42 Å². The summed E-state index contributed by atoms with van der Waals surface area (Å²) in [7, 11) is -2.99. The third kappa shape index (κ3) is 4.52. The van der Waals surface area contributed by atoms with Gasteiger partial charge >= 0.3 is 0 Å². The highest BCUT2D eigenvalue weighted by atomic mass is 32.2. The fourth-order valence-corrected chi connectivity index (χ4v) is 2.72. The van der Waals surface area contributed by atoms with Gasteiger partial charge in [-0.15, -0.1) is 0 Å². The van der Waals surface area contributed by atoms with E-state index in [4.69, 9.17) is 0 Å². The predicted molar refractivity (Wildman–Crippen MR) is 76.7 cm³/mol. The Kier molecular flexibility index (Phi) is 5.62. The maximum Gasteiger partial charge on any atom is 0.153 e. The monoisotopic (exact) mass is 276 g/mol. The van der Waals surface area contributed by atoms with E-state index in [1.807, 2.05) is 13.8 Å². The second-order valence-corrected chi connectivity index (χ2v) is 8.69. The number of rotatable bonds is 6. The minimum absolute atomic E-state index is 0.613. The second-order valence-electron chi connectivity index (χ2n) is 6.04. The lowest BCUT2D eigenvalue weighted by Gasteiger charge is -2.36. The Hall–Kier alpha value is -0.130. The molecule has 0 bridgehead atoms. The van der Waals surface area contributed by atoms with E-state index in [1.54, 1.807) is 0 Å². The summed E-state index contributed by atoms with van der Waals surface area (Å²) in [5.74, 6) is 0. The summed E-state index contributed by atoms with van der Waals surface area (Å²) in [5.41, 5.74) is 0. The summed E-state index contributed by atoms with van der Waals surface area (Å²) in [5, 5.41) is 3.54. The van der Waals surface area contributed by atoms with E-state index < -0.39 is 14.6 Å². The highest BCUT2D eigenvalue weighted by molar-refractivity contribution is 7.92. The molecular formula is C13H28N2O2S. The Morgan fingerprint density at radius 3 is 2.28 bits per heavy atom. The molecule has 0 aromatic carbocycles. The number of sulfone groups is 1. The molecule has 1 N–H and O–H groups in total. The first-order valence-corrected chi connectivity index (χ1v) is 8.81. The molecule has 0 spiro atoms. The van der Waals surface area contributed by atoms with Crippen LogP contribution in [0.4, 0.5) is 0 Å². The first kappa shape index (κ1) is 15.9. The van der Waals surface area contributed by atoms with E-state index in [-0.39, 0.29) is 0 Å². The molecule has 0 aliphatic carbocycles. The molecular weight excluding hydrogens is 248 g/mol. The Labute approximate surface area is 112 Å². The van der Waals surface area contributed by atoms with Crippen LogP contribution in [-0.2, 0) is 9.84 Å². The summed E-state index contributed by atoms with van der Waals surface area (Å²) >= 11 is 0. The van der Waals surface area contributed by atoms with Crippen LogP contribution in [0.3, 0.4) is 0 Å². The number of likely N-dealkylation sites (tertiary alicyclic amines) is 1. The third-order valence-corrected chi connectivity index (χ3v) is 6.02. The molecule has 1 rings (SSSR count). The van der Waals surface area contributed by atoms with Gasteiger partial charge in [-0.1, -0.05) is 6.92 Å². The maximum atomic E-state index is 11.7. The molecule has 0 aromatic rings. The number of nitrogens with one attached hydrogen (secondary N) is 1. The minimum Gasteiger partial charge on any atom is -0.314 e. The van der Waals surface area contributed by atoms with Crippen molar-refractivity contribution in [2.75, 3.05) is 32.4 Å². The number of nitrogens with zero attached hydrogens (tertiary/aromatic N) is 1. The average Bonchev–Trinajstić information content (AvgIpc) is 2.26. The summed E-state index contributed by atoms with van der Waals surface area (Å²) < 4.78 is 22.7. The van der Waals surface area contributed by atoms with Gasteiger partial charge in [0.05, 0.1) is 4.75 Å². The van der Waals surface area contributed by atoms with Crippen LogP contribution in [0, 0.1) is 0 Å². The summed E-state index contributed by atoms with van der Waals surface area (Å²) in [6.45, 7) is 9.55. The van der Waals surface area contributed by atoms with Crippen LogP contribution >= 0.6 is 0 Å². The Bertz CT molecular complexity index is 344. The summed E-state index contributed by atoms with van der Waals surface area (Å²) in [6.07, 6.45) is 4.75. The van der Waals surface area contributed by atoms with Gasteiger partial charge in [0.1, 0.15) is 0 Å². The van der Waals surface area contributed by atoms with Crippen molar-refractivity contribution in [1.29, 1.82) is 0 Å². The molecule has 18 heavy (non-hydrogen) atoms. The molecule has 1 fully saturated rings. The van der Waals surface area contributed by atoms with E-state index in [9.17, 15) is 8.42 Å². The van der Waals surface area contributed by atoms with Crippen LogP contribution < -0.4 is 5.32 Å². The van der Waals surface area contributed by atoms with E-state index in [0.717, 1.165) is 32.5 Å². The number of piperidine rings is 1. The second kappa shape index (κ2) is 6.35. The standard InChI is InChI=1S/C13H28N2O2S/c1-5-8-14-12-6-9-15(10-7-12)11-13(2,3)18(4,16)17/h12,14H,5-11H2,1-4H3. The largest absolute Gasteiger partial charge is 0.314 e. The van der Waals surface area contributed by atoms with Gasteiger partial charge in [0.2, 0.25) is 0 Å². The maximum absolute atomic E-state index is 11.7. The fourth-order valence-electron chi connectivity index (χ4n) is 2.30. The molecule has 4 nitrogen and oxygen atoms in total. The van der Waals surface area contributed by atoms with Crippen molar-refractivity contribution >= 4 is 9.84 Å². The molecule has 0 atom stereocenters. The molecule has 0 radical (unpaired) electrons. The molecule has 0 saturated carbocycles. The van der Waals surface area contributed by atoms with Gasteiger partial charge in [-0.25, -0.2) is 8.42 Å². The van der Waals surface area contributed by atoms with Gasteiger partial charge in [0.15, 0.2) is 9.84 Å². The number of hydrogen-bond acceptors (Lipinski definition) is 4. The van der Waals surface area contributed by atoms with Gasteiger partial charge < -0.3 is 10.2 Å². The van der Waals surface area contributed by atoms with Gasteiger partial charge in [0, 0.05) is 18.8 Å². The van der Waals surface area contributed by atoms with E-state index >= 15 is 0 Å². The van der Waals surface area contributed by atoms with Gasteiger partial charge in [-0.2, -0.15) is 0 Å². The lowest BCUT2D eigenvalue weighted by atomic mass is 10.0. The van der Waals surface area contributed by atoms with Crippen molar-refractivity contribution in [2.24, 2.45) is 0 Å². The van der Waals surface area contributed by atoms with Crippen molar-refractivity contribution in [2.45, 2.75) is 50.8 Å². The molecule has 0 aromatic heterocycles. The van der Waals surface area contributed by atoms with Crippen LogP contribution in [0.25, 0.3) is 0 Å². The highest BCUT2D eigenvalue weighted by Crippen LogP contribution is 2.20. The smallest absolute Gasteiger partial charge is 0.153 e. The van der Waals surface area contributed by atoms with E-state index in [1.165, 1.54) is 12.7 Å². The van der Waals surface area contributed by atoms with Crippen LogP contribution in [0.15, 0.2) is 0 Å². The first-order chi connectivity index (χ1) is 8.26. The zero-order valence-corrected chi connectivity index (χ0v) is 13.0. The molecule has 0 amide bonds. The van der Waals surface area contributed by atoms with Crippen LogP contribution in [0.1, 0.15) is 40.0 Å². The summed E-state index contributed by atoms with van der Waals surface area (Å²) in [6, 6.07) is 0.613. The minimum atomic E-state index is -2.99. The Morgan fingerprint density at radius 1 is 1.28 bits per heavy atom. The molecule has 5 heteroatoms. The van der Waals surface area contributed by atoms with Crippen molar-refractivity contribution in [3.63, 3.8) is 0 Å². The zero-order valence-electron chi connectivity index (χ0n) is 12.2. The zero-order chi connectivity index (χ0) is 13.8. The van der Waals surface area contributed by atoms with Gasteiger partial charge in [0.25, 0.3) is 0 Å². The molecule has 1 heterocycles. The fraction of sp³-hybridized carbons (Fsp3) is 1.00. The van der Waals surface area contributed by atoms with E-state index in [0.29, 0.717) is 12.6 Å². The van der Waals surface area contributed by atoms with Crippen molar-refractivity contribution in [3.05, 3.63) is 0 Å². The van der Waals surface area contributed by atoms with E-state index in [2.05, 4.69) is 17.1 Å². The lowest BCUT2D eigenvalue weighted by molar-refractivity contribution is 0.185. The molecule has 1 aliphatic heterocycles.